The van der Waals surface area contributed by atoms with Gasteiger partial charge in [-0.15, -0.1) is 11.3 Å². The summed E-state index contributed by atoms with van der Waals surface area (Å²) in [5.74, 6) is 0.549. The first-order valence-corrected chi connectivity index (χ1v) is 9.60. The van der Waals surface area contributed by atoms with Crippen LogP contribution in [-0.4, -0.2) is 27.9 Å². The lowest BCUT2D eigenvalue weighted by molar-refractivity contribution is 0.354. The van der Waals surface area contributed by atoms with Crippen LogP contribution in [0, 0.1) is 11.7 Å². The molecule has 0 N–H and O–H groups in total. The summed E-state index contributed by atoms with van der Waals surface area (Å²) >= 11 is 1.67. The van der Waals surface area contributed by atoms with Crippen molar-refractivity contribution in [3.05, 3.63) is 53.9 Å². The number of nitrogens with zero attached hydrogens (tertiary/aromatic N) is 4. The first kappa shape index (κ1) is 16.3. The molecule has 0 aliphatic carbocycles. The molecule has 1 aromatic carbocycles. The Labute approximate surface area is 150 Å². The van der Waals surface area contributed by atoms with Gasteiger partial charge in [0, 0.05) is 43.0 Å². The number of thiazole rings is 1. The van der Waals surface area contributed by atoms with Crippen molar-refractivity contribution < 1.29 is 4.39 Å². The van der Waals surface area contributed by atoms with Crippen molar-refractivity contribution in [3.63, 3.8) is 0 Å². The molecule has 3 aromatic rings. The van der Waals surface area contributed by atoms with E-state index in [4.69, 9.17) is 4.98 Å². The van der Waals surface area contributed by atoms with Crippen molar-refractivity contribution in [1.29, 1.82) is 0 Å². The number of anilines is 1. The van der Waals surface area contributed by atoms with Crippen LogP contribution < -0.4 is 4.90 Å². The average molecular weight is 356 g/mol. The number of aryl methyl sites for hydroxylation is 1. The van der Waals surface area contributed by atoms with Gasteiger partial charge in [-0.1, -0.05) is 0 Å². The molecule has 2 aromatic heterocycles. The fraction of sp³-hybridized carbons (Fsp3) is 0.368. The first-order chi connectivity index (χ1) is 12.3. The summed E-state index contributed by atoms with van der Waals surface area (Å²) in [6.45, 7) is 3.12. The molecule has 3 heterocycles. The molecular weight excluding hydrogens is 335 g/mol. The van der Waals surface area contributed by atoms with Gasteiger partial charge in [-0.25, -0.2) is 9.37 Å². The van der Waals surface area contributed by atoms with Crippen LogP contribution >= 0.6 is 11.3 Å². The van der Waals surface area contributed by atoms with Crippen LogP contribution in [0.1, 0.15) is 19.3 Å². The van der Waals surface area contributed by atoms with Gasteiger partial charge in [0.15, 0.2) is 5.13 Å². The van der Waals surface area contributed by atoms with Crippen LogP contribution in [0.4, 0.5) is 9.52 Å². The molecule has 0 atom stereocenters. The van der Waals surface area contributed by atoms with Gasteiger partial charge in [0.05, 0.1) is 5.69 Å². The van der Waals surface area contributed by atoms with Gasteiger partial charge in [-0.2, -0.15) is 5.10 Å². The largest absolute Gasteiger partial charge is 0.348 e. The molecule has 6 heteroatoms. The van der Waals surface area contributed by atoms with E-state index < -0.39 is 0 Å². The highest BCUT2D eigenvalue weighted by Crippen LogP contribution is 2.31. The van der Waals surface area contributed by atoms with E-state index in [1.807, 2.05) is 23.1 Å². The van der Waals surface area contributed by atoms with E-state index in [-0.39, 0.29) is 5.82 Å². The number of halogens is 1. The zero-order chi connectivity index (χ0) is 17.1. The maximum absolute atomic E-state index is 13.1. The molecule has 0 amide bonds. The lowest BCUT2D eigenvalue weighted by Crippen LogP contribution is -2.33. The lowest BCUT2D eigenvalue weighted by atomic mass is 9.94. The number of aromatic nitrogens is 3. The zero-order valence-corrected chi connectivity index (χ0v) is 14.8. The minimum absolute atomic E-state index is 0.212. The lowest BCUT2D eigenvalue weighted by Gasteiger charge is -2.31. The maximum Gasteiger partial charge on any atom is 0.185 e. The minimum atomic E-state index is -0.212. The zero-order valence-electron chi connectivity index (χ0n) is 14.0. The number of hydrogen-bond donors (Lipinski definition) is 0. The van der Waals surface area contributed by atoms with Crippen molar-refractivity contribution in [2.45, 2.75) is 25.8 Å². The Balaban J connectivity index is 1.32. The van der Waals surface area contributed by atoms with Gasteiger partial charge in [-0.05, 0) is 55.5 Å². The van der Waals surface area contributed by atoms with Crippen LogP contribution in [0.25, 0.3) is 11.3 Å². The quantitative estimate of drug-likeness (QED) is 0.677. The van der Waals surface area contributed by atoms with Crippen LogP contribution in [0.5, 0.6) is 0 Å². The van der Waals surface area contributed by atoms with Crippen molar-refractivity contribution in [2.75, 3.05) is 18.0 Å². The standard InChI is InChI=1S/C19H21FN4S/c20-17-4-2-16(3-5-17)18-14-25-19(22-18)23-11-6-15(7-12-23)8-13-24-10-1-9-21-24/h1-5,9-10,14-15H,6-8,11-13H2. The summed E-state index contributed by atoms with van der Waals surface area (Å²) in [6.07, 6.45) is 7.46. The third kappa shape index (κ3) is 3.90. The Kier molecular flexibility index (Phi) is 4.78. The number of rotatable bonds is 5. The smallest absolute Gasteiger partial charge is 0.185 e. The highest BCUT2D eigenvalue weighted by Gasteiger charge is 2.21. The molecule has 1 saturated heterocycles. The van der Waals surface area contributed by atoms with Gasteiger partial charge < -0.3 is 4.90 Å². The molecular formula is C19H21FN4S. The minimum Gasteiger partial charge on any atom is -0.348 e. The van der Waals surface area contributed by atoms with E-state index in [2.05, 4.69) is 15.4 Å². The molecule has 1 fully saturated rings. The first-order valence-electron chi connectivity index (χ1n) is 8.72. The second kappa shape index (κ2) is 7.35. The molecule has 0 radical (unpaired) electrons. The third-order valence-electron chi connectivity index (χ3n) is 4.84. The van der Waals surface area contributed by atoms with Gasteiger partial charge in [0.1, 0.15) is 5.82 Å². The molecule has 1 aliphatic heterocycles. The van der Waals surface area contributed by atoms with Crippen LogP contribution in [0.15, 0.2) is 48.1 Å². The van der Waals surface area contributed by atoms with E-state index in [1.54, 1.807) is 23.5 Å². The van der Waals surface area contributed by atoms with E-state index in [9.17, 15) is 4.39 Å². The Morgan fingerprint density at radius 3 is 2.68 bits per heavy atom. The number of piperidine rings is 1. The van der Waals surface area contributed by atoms with E-state index in [0.29, 0.717) is 0 Å². The monoisotopic (exact) mass is 356 g/mol. The van der Waals surface area contributed by atoms with Gasteiger partial charge in [-0.3, -0.25) is 4.68 Å². The van der Waals surface area contributed by atoms with E-state index in [1.165, 1.54) is 31.4 Å². The van der Waals surface area contributed by atoms with Crippen LogP contribution in [0.3, 0.4) is 0 Å². The Hall–Kier alpha value is -2.21. The van der Waals surface area contributed by atoms with Crippen LogP contribution in [0.2, 0.25) is 0 Å². The molecule has 0 unspecified atom stereocenters. The summed E-state index contributed by atoms with van der Waals surface area (Å²) < 4.78 is 15.1. The third-order valence-corrected chi connectivity index (χ3v) is 5.74. The molecule has 1 aliphatic rings. The van der Waals surface area contributed by atoms with Crippen molar-refractivity contribution in [1.82, 2.24) is 14.8 Å². The molecule has 4 rings (SSSR count). The average Bonchev–Trinajstić information content (AvgIpc) is 3.33. The summed E-state index contributed by atoms with van der Waals surface area (Å²) in [6, 6.07) is 8.52. The van der Waals surface area contributed by atoms with Crippen molar-refractivity contribution >= 4 is 16.5 Å². The van der Waals surface area contributed by atoms with Gasteiger partial charge in [0.25, 0.3) is 0 Å². The summed E-state index contributed by atoms with van der Waals surface area (Å²) in [7, 11) is 0. The highest BCUT2D eigenvalue weighted by molar-refractivity contribution is 7.14. The molecule has 25 heavy (non-hydrogen) atoms. The van der Waals surface area contributed by atoms with Gasteiger partial charge in [0.2, 0.25) is 0 Å². The fourth-order valence-electron chi connectivity index (χ4n) is 3.32. The van der Waals surface area contributed by atoms with Crippen LogP contribution in [-0.2, 0) is 6.54 Å². The van der Waals surface area contributed by atoms with E-state index >= 15 is 0 Å². The normalized spacial score (nSPS) is 15.6. The van der Waals surface area contributed by atoms with Crippen molar-refractivity contribution in [2.24, 2.45) is 5.92 Å². The Morgan fingerprint density at radius 1 is 1.16 bits per heavy atom. The molecule has 0 bridgehead atoms. The second-order valence-electron chi connectivity index (χ2n) is 6.51. The fourth-order valence-corrected chi connectivity index (χ4v) is 4.21. The van der Waals surface area contributed by atoms with E-state index in [0.717, 1.165) is 41.9 Å². The highest BCUT2D eigenvalue weighted by atomic mass is 32.1. The molecule has 130 valence electrons. The SMILES string of the molecule is Fc1ccc(-c2csc(N3CCC(CCn4cccn4)CC3)n2)cc1. The summed E-state index contributed by atoms with van der Waals surface area (Å²) in [4.78, 5) is 7.13. The van der Waals surface area contributed by atoms with Gasteiger partial charge >= 0.3 is 0 Å². The Bertz CT molecular complexity index is 789. The molecule has 4 nitrogen and oxygen atoms in total. The molecule has 0 saturated carbocycles. The second-order valence-corrected chi connectivity index (χ2v) is 7.35. The predicted octanol–water partition coefficient (Wildman–Crippen LogP) is 4.45. The summed E-state index contributed by atoms with van der Waals surface area (Å²) in [5, 5.41) is 7.41. The predicted molar refractivity (Wildman–Crippen MR) is 99.3 cm³/mol. The topological polar surface area (TPSA) is 34.0 Å². The maximum atomic E-state index is 13.1. The van der Waals surface area contributed by atoms with Crippen molar-refractivity contribution in [3.8, 4) is 11.3 Å². The molecule has 0 spiro atoms. The number of hydrogen-bond acceptors (Lipinski definition) is 4. The summed E-state index contributed by atoms with van der Waals surface area (Å²) in [5.41, 5.74) is 1.90. The Morgan fingerprint density at radius 2 is 1.96 bits per heavy atom. The number of benzene rings is 1.